The molecule has 0 fully saturated rings. The van der Waals surface area contributed by atoms with E-state index in [1.54, 1.807) is 25.3 Å². The fourth-order valence-corrected chi connectivity index (χ4v) is 2.99. The van der Waals surface area contributed by atoms with Gasteiger partial charge < -0.3 is 24.3 Å². The zero-order valence-corrected chi connectivity index (χ0v) is 18.0. The van der Waals surface area contributed by atoms with Crippen molar-refractivity contribution in [2.75, 3.05) is 34.4 Å². The second-order valence-electron chi connectivity index (χ2n) is 7.38. The van der Waals surface area contributed by atoms with Gasteiger partial charge in [0.1, 0.15) is 22.2 Å². The predicted octanol–water partition coefficient (Wildman–Crippen LogP) is 1.06. The lowest BCUT2D eigenvalue weighted by Crippen LogP contribution is -2.46. The molecule has 0 unspecified atom stereocenters. The number of methoxy groups -OCH3 is 1. The van der Waals surface area contributed by atoms with E-state index in [-0.39, 0.29) is 21.8 Å². The molecule has 2 N–H and O–H groups in total. The molecule has 0 radical (unpaired) electrons. The minimum atomic E-state index is -0.380. The summed E-state index contributed by atoms with van der Waals surface area (Å²) < 4.78 is 10.9. The molecule has 0 aliphatic carbocycles. The summed E-state index contributed by atoms with van der Waals surface area (Å²) in [7, 11) is 5.63. The van der Waals surface area contributed by atoms with E-state index >= 15 is 0 Å². The number of hydrogen-bond donors (Lipinski definition) is 2. The second-order valence-corrected chi connectivity index (χ2v) is 7.38. The van der Waals surface area contributed by atoms with Crippen molar-refractivity contribution in [1.82, 2.24) is 14.9 Å². The zero-order valence-electron chi connectivity index (χ0n) is 18.0. The number of aromatic amines is 2. The van der Waals surface area contributed by atoms with E-state index < -0.39 is 0 Å². The third kappa shape index (κ3) is 6.45. The molecule has 0 aliphatic rings. The molecule has 0 saturated carbocycles. The Kier molecular flexibility index (Phi) is 7.45. The lowest BCUT2D eigenvalue weighted by molar-refractivity contribution is 0.281. The van der Waals surface area contributed by atoms with Gasteiger partial charge in [-0.2, -0.15) is 0 Å². The van der Waals surface area contributed by atoms with Crippen molar-refractivity contribution in [2.24, 2.45) is 0 Å². The number of benzene rings is 2. The summed E-state index contributed by atoms with van der Waals surface area (Å²) in [6.45, 7) is 1.60. The molecule has 162 valence electrons. The first kappa shape index (κ1) is 22.1. The number of nitrogens with one attached hydrogen (secondary N) is 2. The summed E-state index contributed by atoms with van der Waals surface area (Å²) >= 11 is 0. The van der Waals surface area contributed by atoms with Crippen LogP contribution in [0.25, 0.3) is 12.2 Å². The lowest BCUT2D eigenvalue weighted by atomic mass is 10.2. The number of rotatable bonds is 8. The number of ether oxygens (including phenoxy) is 2. The first-order valence-electron chi connectivity index (χ1n) is 10.0. The van der Waals surface area contributed by atoms with Crippen LogP contribution in [-0.2, 0) is 0 Å². The summed E-state index contributed by atoms with van der Waals surface area (Å²) in [5.41, 5.74) is 0.775. The quantitative estimate of drug-likeness (QED) is 0.531. The normalized spacial score (nSPS) is 12.4. The number of H-pyrrole nitrogens is 2. The van der Waals surface area contributed by atoms with E-state index in [9.17, 15) is 9.59 Å². The van der Waals surface area contributed by atoms with Crippen molar-refractivity contribution in [3.05, 3.63) is 91.1 Å². The smallest absolute Gasteiger partial charge is 0.272 e. The summed E-state index contributed by atoms with van der Waals surface area (Å²) in [6.07, 6.45) is 4.18. The van der Waals surface area contributed by atoms with Crippen molar-refractivity contribution in [2.45, 2.75) is 6.42 Å². The van der Waals surface area contributed by atoms with Gasteiger partial charge >= 0.3 is 0 Å². The Morgan fingerprint density at radius 2 is 1.52 bits per heavy atom. The van der Waals surface area contributed by atoms with Crippen molar-refractivity contribution in [1.29, 1.82) is 0 Å². The van der Waals surface area contributed by atoms with E-state index in [1.807, 2.05) is 56.6 Å². The summed E-state index contributed by atoms with van der Waals surface area (Å²) in [5, 5.41) is 0.365. The van der Waals surface area contributed by atoms with E-state index in [2.05, 4.69) is 14.9 Å². The second kappa shape index (κ2) is 10.4. The van der Waals surface area contributed by atoms with Gasteiger partial charge in [0.15, 0.2) is 0 Å². The van der Waals surface area contributed by atoms with Crippen molar-refractivity contribution < 1.29 is 9.47 Å². The zero-order chi connectivity index (χ0) is 22.2. The number of hydrogen-bond acceptors (Lipinski definition) is 5. The molecule has 0 atom stereocenters. The van der Waals surface area contributed by atoms with Crippen LogP contribution in [0.4, 0.5) is 0 Å². The Morgan fingerprint density at radius 3 is 2.13 bits per heavy atom. The van der Waals surface area contributed by atoms with Crippen LogP contribution in [0.15, 0.2) is 58.1 Å². The molecule has 2 aromatic carbocycles. The van der Waals surface area contributed by atoms with Crippen LogP contribution < -0.4 is 31.3 Å². The number of aromatic nitrogens is 2. The van der Waals surface area contributed by atoms with Crippen molar-refractivity contribution in [3.8, 4) is 11.5 Å². The highest BCUT2D eigenvalue weighted by Gasteiger charge is 2.00. The van der Waals surface area contributed by atoms with Gasteiger partial charge in [0.25, 0.3) is 11.1 Å². The van der Waals surface area contributed by atoms with E-state index in [0.29, 0.717) is 12.4 Å². The van der Waals surface area contributed by atoms with Gasteiger partial charge in [-0.1, -0.05) is 24.3 Å². The first-order chi connectivity index (χ1) is 14.9. The molecule has 3 rings (SSSR count). The number of nitrogens with zero attached hydrogens (tertiary/aromatic N) is 1. The Morgan fingerprint density at radius 1 is 0.871 bits per heavy atom. The van der Waals surface area contributed by atoms with Crippen molar-refractivity contribution in [3.63, 3.8) is 0 Å². The van der Waals surface area contributed by atoms with Crippen LogP contribution in [0.1, 0.15) is 17.5 Å². The Hall–Kier alpha value is -3.58. The molecular formula is C24H27N3O4. The highest BCUT2D eigenvalue weighted by molar-refractivity contribution is 5.51. The summed E-state index contributed by atoms with van der Waals surface area (Å²) in [4.78, 5) is 32.3. The average Bonchev–Trinajstić information content (AvgIpc) is 2.76. The maximum absolute atomic E-state index is 12.5. The fraction of sp³-hybridized carbons (Fsp3) is 0.250. The van der Waals surface area contributed by atoms with Gasteiger partial charge in [-0.05, 0) is 68.1 Å². The molecule has 0 amide bonds. The topological polar surface area (TPSA) is 87.4 Å². The van der Waals surface area contributed by atoms with Gasteiger partial charge in [-0.3, -0.25) is 9.59 Å². The van der Waals surface area contributed by atoms with Gasteiger partial charge in [0, 0.05) is 6.54 Å². The van der Waals surface area contributed by atoms with Gasteiger partial charge in [-0.15, -0.1) is 0 Å². The standard InChI is InChI=1S/C24H27N3O4/c1-27(2)12-5-13-31-19-10-8-17(9-11-19)15-21-23(28)26-22(24(29)25-21)16-18-6-4-7-20(14-18)30-3/h4,6-11,14-16H,5,12-13H2,1-3H3,(H,25,29)(H,26,28). The molecule has 7 heteroatoms. The molecular weight excluding hydrogens is 394 g/mol. The van der Waals surface area contributed by atoms with Crippen LogP contribution in [0.3, 0.4) is 0 Å². The molecule has 31 heavy (non-hydrogen) atoms. The Balaban J connectivity index is 1.80. The highest BCUT2D eigenvalue weighted by atomic mass is 16.5. The highest BCUT2D eigenvalue weighted by Crippen LogP contribution is 2.13. The lowest BCUT2D eigenvalue weighted by Gasteiger charge is -2.10. The monoisotopic (exact) mass is 421 g/mol. The van der Waals surface area contributed by atoms with Crippen LogP contribution in [0.2, 0.25) is 0 Å². The van der Waals surface area contributed by atoms with Crippen molar-refractivity contribution >= 4 is 12.2 Å². The van der Waals surface area contributed by atoms with Crippen LogP contribution in [-0.4, -0.2) is 49.2 Å². The summed E-state index contributed by atoms with van der Waals surface area (Å²) in [5.74, 6) is 1.43. The summed E-state index contributed by atoms with van der Waals surface area (Å²) in [6, 6.07) is 14.6. The molecule has 0 spiro atoms. The van der Waals surface area contributed by atoms with Gasteiger partial charge in [0.2, 0.25) is 0 Å². The molecule has 0 saturated heterocycles. The van der Waals surface area contributed by atoms with Crippen LogP contribution in [0.5, 0.6) is 11.5 Å². The third-order valence-corrected chi connectivity index (χ3v) is 4.60. The van der Waals surface area contributed by atoms with E-state index in [1.165, 1.54) is 0 Å². The molecule has 1 aromatic heterocycles. The molecule has 3 aromatic rings. The van der Waals surface area contributed by atoms with Gasteiger partial charge in [0.05, 0.1) is 13.7 Å². The van der Waals surface area contributed by atoms with Crippen LogP contribution >= 0.6 is 0 Å². The maximum Gasteiger partial charge on any atom is 0.272 e. The van der Waals surface area contributed by atoms with Crippen LogP contribution in [0, 0.1) is 0 Å². The van der Waals surface area contributed by atoms with E-state index in [4.69, 9.17) is 9.47 Å². The fourth-order valence-electron chi connectivity index (χ4n) is 2.99. The average molecular weight is 421 g/mol. The Bertz CT molecular complexity index is 1240. The molecule has 0 aliphatic heterocycles. The molecule has 7 nitrogen and oxygen atoms in total. The predicted molar refractivity (Wildman–Crippen MR) is 122 cm³/mol. The third-order valence-electron chi connectivity index (χ3n) is 4.60. The Labute approximate surface area is 180 Å². The first-order valence-corrected chi connectivity index (χ1v) is 10.0. The van der Waals surface area contributed by atoms with E-state index in [0.717, 1.165) is 29.8 Å². The molecule has 0 bridgehead atoms. The minimum Gasteiger partial charge on any atom is -0.497 e. The SMILES string of the molecule is COc1cccc(C=c2[nH]c(=O)c(=Cc3ccc(OCCCN(C)C)cc3)[nH]c2=O)c1. The van der Waals surface area contributed by atoms with Gasteiger partial charge in [-0.25, -0.2) is 0 Å². The largest absolute Gasteiger partial charge is 0.497 e. The minimum absolute atomic E-state index is 0.178. The maximum atomic E-state index is 12.5. The molecule has 1 heterocycles.